The summed E-state index contributed by atoms with van der Waals surface area (Å²) >= 11 is 0. The second kappa shape index (κ2) is 6.72. The molecule has 0 spiro atoms. The van der Waals surface area contributed by atoms with Crippen LogP contribution in [0.5, 0.6) is 0 Å². The minimum atomic E-state index is 0.586. The molecule has 1 N–H and O–H groups in total. The Kier molecular flexibility index (Phi) is 5.26. The zero-order valence-corrected chi connectivity index (χ0v) is 11.5. The molecule has 2 aliphatic rings. The number of hydrogen-bond acceptors (Lipinski definition) is 3. The summed E-state index contributed by atoms with van der Waals surface area (Å²) in [5.74, 6) is 1.69. The van der Waals surface area contributed by atoms with Crippen molar-refractivity contribution in [1.29, 1.82) is 0 Å². The summed E-state index contributed by atoms with van der Waals surface area (Å²) in [6, 6.07) is 0.586. The maximum Gasteiger partial charge on any atom is 0.0623 e. The van der Waals surface area contributed by atoms with Crippen molar-refractivity contribution in [1.82, 2.24) is 10.2 Å². The fraction of sp³-hybridized carbons (Fsp3) is 1.00. The van der Waals surface area contributed by atoms with Gasteiger partial charge in [0.15, 0.2) is 0 Å². The van der Waals surface area contributed by atoms with Crippen LogP contribution in [0, 0.1) is 11.8 Å². The van der Waals surface area contributed by atoms with Crippen LogP contribution >= 0.6 is 0 Å². The van der Waals surface area contributed by atoms with E-state index in [1.165, 1.54) is 38.9 Å². The van der Waals surface area contributed by atoms with Gasteiger partial charge < -0.3 is 15.0 Å². The highest BCUT2D eigenvalue weighted by Gasteiger charge is 2.31. The summed E-state index contributed by atoms with van der Waals surface area (Å²) in [5, 5.41) is 3.63. The maximum atomic E-state index is 5.64. The summed E-state index contributed by atoms with van der Waals surface area (Å²) in [5.41, 5.74) is 0. The average molecular weight is 240 g/mol. The van der Waals surface area contributed by atoms with Crippen LogP contribution in [0.2, 0.25) is 0 Å². The van der Waals surface area contributed by atoms with Gasteiger partial charge in [-0.15, -0.1) is 0 Å². The summed E-state index contributed by atoms with van der Waals surface area (Å²) in [6.45, 7) is 11.2. The zero-order chi connectivity index (χ0) is 12.1. The summed E-state index contributed by atoms with van der Waals surface area (Å²) in [6.07, 6.45) is 4.12. The Morgan fingerprint density at radius 3 is 2.65 bits per heavy atom. The average Bonchev–Trinajstić information content (AvgIpc) is 3.05. The van der Waals surface area contributed by atoms with Gasteiger partial charge in [0.1, 0.15) is 0 Å². The molecule has 0 amide bonds. The first-order valence-electron chi connectivity index (χ1n) is 7.37. The summed E-state index contributed by atoms with van der Waals surface area (Å²) < 4.78 is 5.64. The number of nitrogens with zero attached hydrogens (tertiary/aromatic N) is 1. The lowest BCUT2D eigenvalue weighted by Crippen LogP contribution is -2.42. The van der Waals surface area contributed by atoms with E-state index in [1.807, 2.05) is 0 Å². The van der Waals surface area contributed by atoms with Crippen molar-refractivity contribution < 1.29 is 4.74 Å². The maximum absolute atomic E-state index is 5.64. The molecule has 1 saturated carbocycles. The van der Waals surface area contributed by atoms with Gasteiger partial charge in [0.05, 0.1) is 13.2 Å². The molecule has 0 radical (unpaired) electrons. The molecule has 1 heterocycles. The molecule has 0 bridgehead atoms. The van der Waals surface area contributed by atoms with E-state index >= 15 is 0 Å². The SMILES string of the molecule is CCCNC1COCC1CN(CC)CC1CC1. The molecular weight excluding hydrogens is 212 g/mol. The van der Waals surface area contributed by atoms with Gasteiger partial charge in [0, 0.05) is 25.0 Å². The lowest BCUT2D eigenvalue weighted by Gasteiger charge is -2.27. The van der Waals surface area contributed by atoms with E-state index in [0.717, 1.165) is 25.7 Å². The minimum Gasteiger partial charge on any atom is -0.379 e. The minimum absolute atomic E-state index is 0.586. The van der Waals surface area contributed by atoms with Gasteiger partial charge in [-0.1, -0.05) is 13.8 Å². The molecule has 1 saturated heterocycles. The van der Waals surface area contributed by atoms with Crippen LogP contribution < -0.4 is 5.32 Å². The van der Waals surface area contributed by atoms with Crippen LogP contribution in [0.1, 0.15) is 33.1 Å². The van der Waals surface area contributed by atoms with E-state index in [2.05, 4.69) is 24.1 Å². The Bertz CT molecular complexity index is 218. The highest BCUT2D eigenvalue weighted by molar-refractivity contribution is 4.85. The van der Waals surface area contributed by atoms with Crippen molar-refractivity contribution >= 4 is 0 Å². The monoisotopic (exact) mass is 240 g/mol. The molecular formula is C14H28N2O. The van der Waals surface area contributed by atoms with Crippen LogP contribution in [-0.2, 0) is 4.74 Å². The van der Waals surface area contributed by atoms with Crippen molar-refractivity contribution in [2.24, 2.45) is 11.8 Å². The fourth-order valence-corrected chi connectivity index (χ4v) is 2.66. The predicted octanol–water partition coefficient (Wildman–Crippen LogP) is 1.73. The van der Waals surface area contributed by atoms with Crippen molar-refractivity contribution in [3.8, 4) is 0 Å². The van der Waals surface area contributed by atoms with Crippen LogP contribution in [0.15, 0.2) is 0 Å². The fourth-order valence-electron chi connectivity index (χ4n) is 2.66. The molecule has 2 atom stereocenters. The van der Waals surface area contributed by atoms with E-state index < -0.39 is 0 Å². The quantitative estimate of drug-likeness (QED) is 0.699. The van der Waals surface area contributed by atoms with Gasteiger partial charge in [0.25, 0.3) is 0 Å². The van der Waals surface area contributed by atoms with E-state index in [1.54, 1.807) is 0 Å². The largest absolute Gasteiger partial charge is 0.379 e. The molecule has 1 aliphatic heterocycles. The summed E-state index contributed by atoms with van der Waals surface area (Å²) in [4.78, 5) is 2.62. The van der Waals surface area contributed by atoms with Crippen LogP contribution in [0.4, 0.5) is 0 Å². The van der Waals surface area contributed by atoms with E-state index in [-0.39, 0.29) is 0 Å². The molecule has 0 aromatic carbocycles. The molecule has 0 aromatic heterocycles. The first-order chi connectivity index (χ1) is 8.33. The molecule has 2 rings (SSSR count). The molecule has 17 heavy (non-hydrogen) atoms. The molecule has 3 heteroatoms. The zero-order valence-electron chi connectivity index (χ0n) is 11.5. The third kappa shape index (κ3) is 4.23. The number of ether oxygens (including phenoxy) is 1. The summed E-state index contributed by atoms with van der Waals surface area (Å²) in [7, 11) is 0. The Labute approximate surface area is 106 Å². The standard InChI is InChI=1S/C14H28N2O/c1-3-7-15-14-11-17-10-13(14)9-16(4-2)8-12-5-6-12/h12-15H,3-11H2,1-2H3. The molecule has 2 unspecified atom stereocenters. The van der Waals surface area contributed by atoms with Gasteiger partial charge in [-0.2, -0.15) is 0 Å². The van der Waals surface area contributed by atoms with Crippen molar-refractivity contribution in [3.05, 3.63) is 0 Å². The van der Waals surface area contributed by atoms with E-state index in [4.69, 9.17) is 4.74 Å². The Balaban J connectivity index is 1.74. The molecule has 1 aliphatic carbocycles. The lowest BCUT2D eigenvalue weighted by atomic mass is 10.0. The topological polar surface area (TPSA) is 24.5 Å². The van der Waals surface area contributed by atoms with Gasteiger partial charge in [-0.05, 0) is 38.3 Å². The third-order valence-electron chi connectivity index (χ3n) is 4.01. The Morgan fingerprint density at radius 2 is 2.00 bits per heavy atom. The van der Waals surface area contributed by atoms with Crippen molar-refractivity contribution in [2.45, 2.75) is 39.2 Å². The smallest absolute Gasteiger partial charge is 0.0623 e. The predicted molar refractivity (Wildman–Crippen MR) is 71.2 cm³/mol. The van der Waals surface area contributed by atoms with Gasteiger partial charge >= 0.3 is 0 Å². The number of nitrogens with one attached hydrogen (secondary N) is 1. The first-order valence-corrected chi connectivity index (χ1v) is 7.37. The van der Waals surface area contributed by atoms with Crippen LogP contribution in [-0.4, -0.2) is 50.3 Å². The number of rotatable bonds is 8. The van der Waals surface area contributed by atoms with E-state index in [0.29, 0.717) is 12.0 Å². The number of hydrogen-bond donors (Lipinski definition) is 1. The lowest BCUT2D eigenvalue weighted by molar-refractivity contribution is 0.167. The second-order valence-electron chi connectivity index (χ2n) is 5.65. The van der Waals surface area contributed by atoms with Crippen molar-refractivity contribution in [3.63, 3.8) is 0 Å². The highest BCUT2D eigenvalue weighted by atomic mass is 16.5. The van der Waals surface area contributed by atoms with Gasteiger partial charge in [-0.3, -0.25) is 0 Å². The molecule has 0 aromatic rings. The Hall–Kier alpha value is -0.120. The van der Waals surface area contributed by atoms with Crippen LogP contribution in [0.25, 0.3) is 0 Å². The first kappa shape index (κ1) is 13.3. The molecule has 2 fully saturated rings. The second-order valence-corrected chi connectivity index (χ2v) is 5.65. The van der Waals surface area contributed by atoms with Gasteiger partial charge in [0.2, 0.25) is 0 Å². The van der Waals surface area contributed by atoms with Crippen molar-refractivity contribution in [2.75, 3.05) is 39.4 Å². The van der Waals surface area contributed by atoms with E-state index in [9.17, 15) is 0 Å². The third-order valence-corrected chi connectivity index (χ3v) is 4.01. The van der Waals surface area contributed by atoms with Crippen LogP contribution in [0.3, 0.4) is 0 Å². The highest BCUT2D eigenvalue weighted by Crippen LogP contribution is 2.30. The van der Waals surface area contributed by atoms with Gasteiger partial charge in [-0.25, -0.2) is 0 Å². The Morgan fingerprint density at radius 1 is 1.18 bits per heavy atom. The molecule has 100 valence electrons. The normalized spacial score (nSPS) is 29.1. The molecule has 3 nitrogen and oxygen atoms in total.